The number of hydrogen-bond acceptors (Lipinski definition) is 2. The van der Waals surface area contributed by atoms with Crippen LogP contribution in [0.25, 0.3) is 0 Å². The van der Waals surface area contributed by atoms with E-state index in [1.165, 1.54) is 0 Å². The summed E-state index contributed by atoms with van der Waals surface area (Å²) < 4.78 is 1.84. The standard InChI is InChI=1S/C14H16Br2N2O/c15-11-1-2-12(13(16)5-11)14(19)18-4-3-9-6-17-7-10(9)8-18/h1-2,5,9-10,17H,3-4,6-8H2. The molecule has 0 bridgehead atoms. The number of carbonyl (C=O) groups is 1. The highest BCUT2D eigenvalue weighted by molar-refractivity contribution is 9.11. The van der Waals surface area contributed by atoms with E-state index in [2.05, 4.69) is 37.2 Å². The fourth-order valence-corrected chi connectivity index (χ4v) is 4.27. The number of rotatable bonds is 1. The SMILES string of the molecule is O=C(c1ccc(Br)cc1Br)N1CCC2CNCC2C1. The topological polar surface area (TPSA) is 32.3 Å². The van der Waals surface area contributed by atoms with Gasteiger partial charge in [-0.3, -0.25) is 4.79 Å². The first-order valence-corrected chi connectivity index (χ1v) is 8.19. The van der Waals surface area contributed by atoms with Crippen LogP contribution in [0.1, 0.15) is 16.8 Å². The van der Waals surface area contributed by atoms with Crippen molar-refractivity contribution >= 4 is 37.8 Å². The van der Waals surface area contributed by atoms with Crippen molar-refractivity contribution in [2.75, 3.05) is 26.2 Å². The summed E-state index contributed by atoms with van der Waals surface area (Å²) in [5, 5.41) is 3.43. The number of piperidine rings is 1. The van der Waals surface area contributed by atoms with Crippen LogP contribution in [-0.4, -0.2) is 37.0 Å². The molecule has 2 aliphatic heterocycles. The van der Waals surface area contributed by atoms with Gasteiger partial charge >= 0.3 is 0 Å². The van der Waals surface area contributed by atoms with E-state index in [-0.39, 0.29) is 5.91 Å². The first kappa shape index (κ1) is 13.6. The van der Waals surface area contributed by atoms with Gasteiger partial charge in [-0.25, -0.2) is 0 Å². The summed E-state index contributed by atoms with van der Waals surface area (Å²) in [6.45, 7) is 3.94. The van der Waals surface area contributed by atoms with Crippen molar-refractivity contribution in [3.05, 3.63) is 32.7 Å². The number of carbonyl (C=O) groups excluding carboxylic acids is 1. The number of likely N-dealkylation sites (tertiary alicyclic amines) is 1. The molecule has 1 amide bonds. The minimum absolute atomic E-state index is 0.143. The van der Waals surface area contributed by atoms with Crippen molar-refractivity contribution in [2.45, 2.75) is 6.42 Å². The zero-order valence-electron chi connectivity index (χ0n) is 10.5. The lowest BCUT2D eigenvalue weighted by Crippen LogP contribution is -2.43. The highest BCUT2D eigenvalue weighted by Crippen LogP contribution is 2.29. The summed E-state index contributed by atoms with van der Waals surface area (Å²) in [5.74, 6) is 1.54. The fraction of sp³-hybridized carbons (Fsp3) is 0.500. The molecule has 2 aliphatic rings. The Kier molecular flexibility index (Phi) is 3.96. The Bertz CT molecular complexity index is 506. The first-order valence-electron chi connectivity index (χ1n) is 6.60. The van der Waals surface area contributed by atoms with Crippen LogP contribution < -0.4 is 5.32 Å². The highest BCUT2D eigenvalue weighted by atomic mass is 79.9. The molecule has 0 aromatic heterocycles. The summed E-state index contributed by atoms with van der Waals surface area (Å²) in [5.41, 5.74) is 0.757. The average molecular weight is 388 g/mol. The molecule has 19 heavy (non-hydrogen) atoms. The maximum atomic E-state index is 12.6. The van der Waals surface area contributed by atoms with Gasteiger partial charge in [-0.2, -0.15) is 0 Å². The van der Waals surface area contributed by atoms with Gasteiger partial charge in [-0.15, -0.1) is 0 Å². The van der Waals surface area contributed by atoms with Crippen molar-refractivity contribution in [1.82, 2.24) is 10.2 Å². The van der Waals surface area contributed by atoms with E-state index in [9.17, 15) is 4.79 Å². The number of benzene rings is 1. The Balaban J connectivity index is 1.76. The first-order chi connectivity index (χ1) is 9.15. The zero-order chi connectivity index (χ0) is 13.4. The molecule has 0 saturated carbocycles. The van der Waals surface area contributed by atoms with Crippen molar-refractivity contribution in [2.24, 2.45) is 11.8 Å². The predicted molar refractivity (Wildman–Crippen MR) is 82.2 cm³/mol. The molecule has 1 N–H and O–H groups in total. The molecule has 0 aliphatic carbocycles. The van der Waals surface area contributed by atoms with E-state index in [1.54, 1.807) is 0 Å². The van der Waals surface area contributed by atoms with Crippen molar-refractivity contribution < 1.29 is 4.79 Å². The minimum Gasteiger partial charge on any atom is -0.338 e. The van der Waals surface area contributed by atoms with Crippen LogP contribution in [0.4, 0.5) is 0 Å². The van der Waals surface area contributed by atoms with E-state index in [0.717, 1.165) is 53.0 Å². The molecule has 3 rings (SSSR count). The molecular weight excluding hydrogens is 372 g/mol. The maximum Gasteiger partial charge on any atom is 0.255 e. The second-order valence-electron chi connectivity index (χ2n) is 5.34. The molecular formula is C14H16Br2N2O. The quantitative estimate of drug-likeness (QED) is 0.803. The average Bonchev–Trinajstić information content (AvgIpc) is 2.85. The van der Waals surface area contributed by atoms with Gasteiger partial charge in [0, 0.05) is 22.0 Å². The second-order valence-corrected chi connectivity index (χ2v) is 7.11. The summed E-state index contributed by atoms with van der Waals surface area (Å²) >= 11 is 6.90. The monoisotopic (exact) mass is 386 g/mol. The Hall–Kier alpha value is -0.390. The molecule has 102 valence electrons. The van der Waals surface area contributed by atoms with Gasteiger partial charge in [-0.1, -0.05) is 15.9 Å². The summed E-state index contributed by atoms with van der Waals surface area (Å²) in [6, 6.07) is 5.73. The summed E-state index contributed by atoms with van der Waals surface area (Å²) in [4.78, 5) is 14.6. The molecule has 0 spiro atoms. The predicted octanol–water partition coefficient (Wildman–Crippen LogP) is 2.89. The van der Waals surface area contributed by atoms with Crippen LogP contribution in [0.5, 0.6) is 0 Å². The molecule has 1 aromatic carbocycles. The Labute approximate surface area is 130 Å². The Morgan fingerprint density at radius 2 is 2.05 bits per heavy atom. The van der Waals surface area contributed by atoms with Crippen LogP contribution in [0, 0.1) is 11.8 Å². The van der Waals surface area contributed by atoms with Gasteiger partial charge in [0.15, 0.2) is 0 Å². The molecule has 0 radical (unpaired) electrons. The molecule has 3 nitrogen and oxygen atoms in total. The second kappa shape index (κ2) is 5.54. The van der Waals surface area contributed by atoms with E-state index < -0.39 is 0 Å². The van der Waals surface area contributed by atoms with Gasteiger partial charge in [0.2, 0.25) is 0 Å². The van der Waals surface area contributed by atoms with E-state index >= 15 is 0 Å². The third-order valence-corrected chi connectivity index (χ3v) is 5.30. The minimum atomic E-state index is 0.143. The Morgan fingerprint density at radius 3 is 2.84 bits per heavy atom. The maximum absolute atomic E-state index is 12.6. The zero-order valence-corrected chi connectivity index (χ0v) is 13.7. The lowest BCUT2D eigenvalue weighted by atomic mass is 9.88. The lowest BCUT2D eigenvalue weighted by molar-refractivity contribution is 0.0641. The third-order valence-electron chi connectivity index (χ3n) is 4.15. The third kappa shape index (κ3) is 2.73. The van der Waals surface area contributed by atoms with Gasteiger partial charge in [0.05, 0.1) is 5.56 Å². The largest absolute Gasteiger partial charge is 0.338 e. The van der Waals surface area contributed by atoms with Crippen molar-refractivity contribution in [3.8, 4) is 0 Å². The van der Waals surface area contributed by atoms with Gasteiger partial charge < -0.3 is 10.2 Å². The van der Waals surface area contributed by atoms with Crippen LogP contribution >= 0.6 is 31.9 Å². The number of nitrogens with zero attached hydrogens (tertiary/aromatic N) is 1. The van der Waals surface area contributed by atoms with Crippen LogP contribution in [0.2, 0.25) is 0 Å². The number of amides is 1. The van der Waals surface area contributed by atoms with Gasteiger partial charge in [0.1, 0.15) is 0 Å². The summed E-state index contributed by atoms with van der Waals surface area (Å²) in [6.07, 6.45) is 1.12. The van der Waals surface area contributed by atoms with E-state index in [1.807, 2.05) is 23.1 Å². The smallest absolute Gasteiger partial charge is 0.255 e. The van der Waals surface area contributed by atoms with Crippen LogP contribution in [0.3, 0.4) is 0 Å². The lowest BCUT2D eigenvalue weighted by Gasteiger charge is -2.34. The molecule has 2 fully saturated rings. The van der Waals surface area contributed by atoms with Crippen LogP contribution in [0.15, 0.2) is 27.1 Å². The van der Waals surface area contributed by atoms with E-state index in [0.29, 0.717) is 5.92 Å². The fourth-order valence-electron chi connectivity index (χ4n) is 3.05. The number of fused-ring (bicyclic) bond motifs is 1. The number of hydrogen-bond donors (Lipinski definition) is 1. The number of nitrogens with one attached hydrogen (secondary N) is 1. The number of halogens is 2. The molecule has 1 aromatic rings. The molecule has 2 unspecified atom stereocenters. The molecule has 2 atom stereocenters. The molecule has 2 heterocycles. The van der Waals surface area contributed by atoms with Crippen molar-refractivity contribution in [3.63, 3.8) is 0 Å². The highest BCUT2D eigenvalue weighted by Gasteiger charge is 2.34. The van der Waals surface area contributed by atoms with E-state index in [4.69, 9.17) is 0 Å². The molecule has 5 heteroatoms. The Morgan fingerprint density at radius 1 is 1.26 bits per heavy atom. The summed E-state index contributed by atoms with van der Waals surface area (Å²) in [7, 11) is 0. The van der Waals surface area contributed by atoms with Crippen LogP contribution in [-0.2, 0) is 0 Å². The molecule has 2 saturated heterocycles. The van der Waals surface area contributed by atoms with Crippen molar-refractivity contribution in [1.29, 1.82) is 0 Å². The van der Waals surface area contributed by atoms with Gasteiger partial charge in [-0.05, 0) is 65.5 Å². The normalized spacial score (nSPS) is 26.3. The van der Waals surface area contributed by atoms with Gasteiger partial charge in [0.25, 0.3) is 5.91 Å².